The Balaban J connectivity index is 1.42. The van der Waals surface area contributed by atoms with Crippen LogP contribution in [0.15, 0.2) is 30.6 Å². The van der Waals surface area contributed by atoms with Gasteiger partial charge >= 0.3 is 6.01 Å². The maximum Gasteiger partial charge on any atom is 0.316 e. The molecule has 1 N–H and O–H groups in total. The van der Waals surface area contributed by atoms with Crippen molar-refractivity contribution in [2.75, 3.05) is 19.7 Å². The van der Waals surface area contributed by atoms with Crippen LogP contribution in [0, 0.1) is 11.7 Å². The van der Waals surface area contributed by atoms with E-state index in [-0.39, 0.29) is 5.82 Å². The molecule has 2 saturated heterocycles. The van der Waals surface area contributed by atoms with Crippen molar-refractivity contribution in [2.24, 2.45) is 5.92 Å². The molecule has 0 saturated carbocycles. The molecule has 2 aromatic rings. The average molecular weight is 372 g/mol. The van der Waals surface area contributed by atoms with Gasteiger partial charge in [0.15, 0.2) is 0 Å². The van der Waals surface area contributed by atoms with Crippen molar-refractivity contribution in [3.63, 3.8) is 0 Å². The molecule has 0 atom stereocenters. The highest BCUT2D eigenvalue weighted by molar-refractivity contribution is 6.68. The number of hydrogen-bond acceptors (Lipinski definition) is 5. The first-order chi connectivity index (χ1) is 12.5. The Morgan fingerprint density at radius 2 is 2.00 bits per heavy atom. The first kappa shape index (κ1) is 17.6. The molecule has 26 heavy (non-hydrogen) atoms. The van der Waals surface area contributed by atoms with Crippen LogP contribution in [0.2, 0.25) is 11.1 Å². The third kappa shape index (κ3) is 3.79. The van der Waals surface area contributed by atoms with Crippen LogP contribution < -0.4 is 10.1 Å². The van der Waals surface area contributed by atoms with E-state index in [1.54, 1.807) is 24.5 Å². The van der Waals surface area contributed by atoms with E-state index in [9.17, 15) is 4.39 Å². The van der Waals surface area contributed by atoms with E-state index >= 15 is 0 Å². The summed E-state index contributed by atoms with van der Waals surface area (Å²) in [7, 11) is -0.780. The number of benzene rings is 1. The lowest BCUT2D eigenvalue weighted by molar-refractivity contribution is 0.187. The molecular weight excluding hydrogens is 349 g/mol. The Kier molecular flexibility index (Phi) is 4.77. The molecule has 2 fully saturated rings. The largest absolute Gasteiger partial charge is 0.463 e. The molecule has 0 amide bonds. The normalized spacial score (nSPS) is 19.2. The van der Waals surface area contributed by atoms with Crippen LogP contribution in [0.3, 0.4) is 0 Å². The summed E-state index contributed by atoms with van der Waals surface area (Å²) in [6.07, 6.45) is 3.22. The second kappa shape index (κ2) is 7.06. The summed E-state index contributed by atoms with van der Waals surface area (Å²) in [6.45, 7) is 7.28. The Morgan fingerprint density at radius 3 is 2.62 bits per heavy atom. The zero-order valence-corrected chi connectivity index (χ0v) is 16.1. The smallest absolute Gasteiger partial charge is 0.316 e. The van der Waals surface area contributed by atoms with Crippen LogP contribution in [-0.4, -0.2) is 38.7 Å². The summed E-state index contributed by atoms with van der Waals surface area (Å²) >= 11 is 0. The van der Waals surface area contributed by atoms with Crippen LogP contribution >= 0.6 is 0 Å². The predicted octanol–water partition coefficient (Wildman–Crippen LogP) is 3.18. The minimum atomic E-state index is -0.780. The lowest BCUT2D eigenvalue weighted by atomic mass is 10.1. The predicted molar refractivity (Wildman–Crippen MR) is 98.7 cm³/mol. The number of nitrogens with one attached hydrogen (secondary N) is 1. The Bertz CT molecular complexity index is 781. The van der Waals surface area contributed by atoms with Crippen molar-refractivity contribution in [3.8, 4) is 17.1 Å². The molecule has 5 nitrogen and oxygen atoms in total. The van der Waals surface area contributed by atoms with Crippen molar-refractivity contribution < 1.29 is 13.6 Å². The van der Waals surface area contributed by atoms with Crippen LogP contribution in [0.4, 0.5) is 4.39 Å². The van der Waals surface area contributed by atoms with Gasteiger partial charge in [-0.2, -0.15) is 0 Å². The van der Waals surface area contributed by atoms with E-state index in [2.05, 4.69) is 29.1 Å². The number of halogens is 1. The van der Waals surface area contributed by atoms with E-state index in [1.165, 1.54) is 0 Å². The third-order valence-corrected chi connectivity index (χ3v) is 7.92. The highest BCUT2D eigenvalue weighted by Gasteiger charge is 2.50. The fourth-order valence-electron chi connectivity index (χ4n) is 2.87. The number of rotatable bonds is 7. The van der Waals surface area contributed by atoms with Crippen LogP contribution in [0.5, 0.6) is 6.01 Å². The van der Waals surface area contributed by atoms with Crippen molar-refractivity contribution in [2.45, 2.75) is 31.5 Å². The Labute approximate surface area is 154 Å². The van der Waals surface area contributed by atoms with E-state index < -0.39 is 9.04 Å². The molecular formula is C19H23FN3O2Si. The lowest BCUT2D eigenvalue weighted by Crippen LogP contribution is -2.45. The molecule has 3 heterocycles. The number of ether oxygens (including phenoxy) is 1. The SMILES string of the molecule is CC1(C)C[Si]1OCc1cccc(-c2cnc(OCC3CNC3)nc2)c1F. The molecule has 1 aromatic heterocycles. The van der Waals surface area contributed by atoms with E-state index in [1.807, 2.05) is 6.07 Å². The molecule has 2 aliphatic rings. The molecule has 137 valence electrons. The van der Waals surface area contributed by atoms with Crippen molar-refractivity contribution in [1.29, 1.82) is 0 Å². The van der Waals surface area contributed by atoms with Gasteiger partial charge < -0.3 is 14.5 Å². The van der Waals surface area contributed by atoms with Gasteiger partial charge in [-0.3, -0.25) is 0 Å². The molecule has 7 heteroatoms. The van der Waals surface area contributed by atoms with E-state index in [0.29, 0.717) is 46.9 Å². The fourth-order valence-corrected chi connectivity index (χ4v) is 4.62. The average Bonchev–Trinajstić information content (AvgIpc) is 3.20. The van der Waals surface area contributed by atoms with Gasteiger partial charge in [-0.25, -0.2) is 14.4 Å². The van der Waals surface area contributed by atoms with Crippen molar-refractivity contribution in [1.82, 2.24) is 15.3 Å². The quantitative estimate of drug-likeness (QED) is 0.757. The summed E-state index contributed by atoms with van der Waals surface area (Å²) in [5.41, 5.74) is 1.72. The summed E-state index contributed by atoms with van der Waals surface area (Å²) in [5, 5.41) is 3.51. The minimum Gasteiger partial charge on any atom is -0.463 e. The molecule has 0 unspecified atom stereocenters. The highest BCUT2D eigenvalue weighted by atomic mass is 28.3. The highest BCUT2D eigenvalue weighted by Crippen LogP contribution is 2.53. The zero-order chi connectivity index (χ0) is 18.1. The molecule has 0 spiro atoms. The van der Waals surface area contributed by atoms with Gasteiger partial charge in [0.25, 0.3) is 0 Å². The second-order valence-electron chi connectivity index (χ2n) is 7.64. The number of nitrogens with zero attached hydrogens (tertiary/aromatic N) is 2. The fraction of sp³-hybridized carbons (Fsp3) is 0.474. The second-order valence-corrected chi connectivity index (χ2v) is 10.5. The summed E-state index contributed by atoms with van der Waals surface area (Å²) in [4.78, 5) is 8.43. The van der Waals surface area contributed by atoms with Gasteiger partial charge in [-0.15, -0.1) is 0 Å². The van der Waals surface area contributed by atoms with Gasteiger partial charge in [0.05, 0.1) is 13.2 Å². The maximum absolute atomic E-state index is 14.9. The van der Waals surface area contributed by atoms with Crippen molar-refractivity contribution >= 4 is 9.04 Å². The Morgan fingerprint density at radius 1 is 1.27 bits per heavy atom. The molecule has 1 aromatic carbocycles. The van der Waals surface area contributed by atoms with Gasteiger partial charge in [-0.05, 0) is 11.1 Å². The monoisotopic (exact) mass is 372 g/mol. The van der Waals surface area contributed by atoms with Crippen LogP contribution in [0.25, 0.3) is 11.1 Å². The van der Waals surface area contributed by atoms with Crippen LogP contribution in [-0.2, 0) is 11.0 Å². The van der Waals surface area contributed by atoms with E-state index in [4.69, 9.17) is 9.16 Å². The van der Waals surface area contributed by atoms with E-state index in [0.717, 1.165) is 19.1 Å². The maximum atomic E-state index is 14.9. The Hall–Kier alpha value is -1.83. The number of hydrogen-bond donors (Lipinski definition) is 1. The first-order valence-corrected chi connectivity index (χ1v) is 10.6. The van der Waals surface area contributed by atoms with Gasteiger partial charge in [0, 0.05) is 48.1 Å². The molecule has 4 rings (SSSR count). The van der Waals surface area contributed by atoms with Gasteiger partial charge in [0.1, 0.15) is 5.82 Å². The van der Waals surface area contributed by atoms with Gasteiger partial charge in [0.2, 0.25) is 9.04 Å². The molecule has 1 radical (unpaired) electrons. The zero-order valence-electron chi connectivity index (χ0n) is 15.1. The van der Waals surface area contributed by atoms with Gasteiger partial charge in [-0.1, -0.05) is 32.0 Å². The van der Waals surface area contributed by atoms with Crippen molar-refractivity contribution in [3.05, 3.63) is 42.0 Å². The molecule has 2 aliphatic heterocycles. The number of aromatic nitrogens is 2. The summed E-state index contributed by atoms with van der Waals surface area (Å²) in [5.74, 6) is 0.262. The third-order valence-electron chi connectivity index (χ3n) is 4.97. The first-order valence-electron chi connectivity index (χ1n) is 8.95. The lowest BCUT2D eigenvalue weighted by Gasteiger charge is -2.26. The molecule has 0 bridgehead atoms. The minimum absolute atomic E-state index is 0.258. The topological polar surface area (TPSA) is 56.3 Å². The summed E-state index contributed by atoms with van der Waals surface area (Å²) < 4.78 is 26.4. The van der Waals surface area contributed by atoms with Crippen LogP contribution in [0.1, 0.15) is 19.4 Å². The standard InChI is InChI=1S/C19H23FN3O2Si/c1-19(2)12-26(19)25-11-14-4-3-5-16(17(14)20)15-8-22-18(23-9-15)24-10-13-6-21-7-13/h3-5,8-9,13,21H,6-7,10-12H2,1-2H3. The molecule has 0 aliphatic carbocycles. The summed E-state index contributed by atoms with van der Waals surface area (Å²) in [6, 6.07) is 6.84.